The third kappa shape index (κ3) is 2.49. The highest BCUT2D eigenvalue weighted by atomic mass is 32.1. The topological polar surface area (TPSA) is 32.8 Å². The van der Waals surface area contributed by atoms with Crippen LogP contribution in [0.3, 0.4) is 0 Å². The number of benzene rings is 1. The largest absolute Gasteiger partial charge is 0.439 e. The Morgan fingerprint density at radius 3 is 2.72 bits per heavy atom. The van der Waals surface area contributed by atoms with Crippen molar-refractivity contribution in [3.8, 4) is 10.4 Å². The zero-order valence-corrected chi connectivity index (χ0v) is 15.2. The van der Waals surface area contributed by atoms with Gasteiger partial charge in [0.2, 0.25) is 0 Å². The third-order valence-corrected chi connectivity index (χ3v) is 7.08. The van der Waals surface area contributed by atoms with Crippen LogP contribution in [0.2, 0.25) is 0 Å². The number of aryl methyl sites for hydroxylation is 1. The summed E-state index contributed by atoms with van der Waals surface area (Å²) in [6.45, 7) is 6.00. The van der Waals surface area contributed by atoms with Gasteiger partial charge in [-0.15, -0.1) is 11.3 Å². The predicted molar refractivity (Wildman–Crippen MR) is 100 cm³/mol. The molecule has 0 unspecified atom stereocenters. The molecule has 2 bridgehead atoms. The number of carbonyl (C=O) groups is 1. The third-order valence-electron chi connectivity index (χ3n) is 5.92. The average molecular weight is 354 g/mol. The SMILES string of the molecule is Cc1cccc(-c2ccc(N3C[C@]4(CN5CCC4CC5)OC3=O)s2)c1. The Balaban J connectivity index is 1.42. The van der Waals surface area contributed by atoms with E-state index in [4.69, 9.17) is 4.74 Å². The van der Waals surface area contributed by atoms with Crippen LogP contribution in [0.15, 0.2) is 36.4 Å². The molecule has 1 atom stereocenters. The number of thiophene rings is 1. The summed E-state index contributed by atoms with van der Waals surface area (Å²) < 4.78 is 5.98. The highest BCUT2D eigenvalue weighted by Gasteiger charge is 2.55. The van der Waals surface area contributed by atoms with Gasteiger partial charge < -0.3 is 4.74 Å². The van der Waals surface area contributed by atoms with E-state index in [1.165, 1.54) is 16.0 Å². The van der Waals surface area contributed by atoms with Crippen LogP contribution in [0.5, 0.6) is 0 Å². The molecule has 5 heterocycles. The molecule has 4 aliphatic rings. The minimum atomic E-state index is -0.291. The van der Waals surface area contributed by atoms with Gasteiger partial charge in [0.25, 0.3) is 0 Å². The van der Waals surface area contributed by atoms with Gasteiger partial charge in [-0.25, -0.2) is 4.79 Å². The van der Waals surface area contributed by atoms with Crippen molar-refractivity contribution < 1.29 is 9.53 Å². The quantitative estimate of drug-likeness (QED) is 0.812. The average Bonchev–Trinajstić information content (AvgIpc) is 3.21. The number of hydrogen-bond donors (Lipinski definition) is 0. The molecule has 25 heavy (non-hydrogen) atoms. The van der Waals surface area contributed by atoms with Gasteiger partial charge in [0.1, 0.15) is 10.6 Å². The minimum Gasteiger partial charge on any atom is -0.439 e. The van der Waals surface area contributed by atoms with Gasteiger partial charge in [-0.3, -0.25) is 9.80 Å². The fourth-order valence-corrected chi connectivity index (χ4v) is 5.60. The number of fused-ring (bicyclic) bond motifs is 2. The number of ether oxygens (including phenoxy) is 1. The van der Waals surface area contributed by atoms with E-state index in [1.807, 2.05) is 4.90 Å². The molecule has 4 nitrogen and oxygen atoms in total. The van der Waals surface area contributed by atoms with Crippen LogP contribution in [0.4, 0.5) is 9.80 Å². The predicted octanol–water partition coefficient (Wildman–Crippen LogP) is 4.14. The maximum atomic E-state index is 12.6. The Bertz CT molecular complexity index is 825. The second-order valence-electron chi connectivity index (χ2n) is 7.58. The van der Waals surface area contributed by atoms with Crippen molar-refractivity contribution in [3.63, 3.8) is 0 Å². The molecule has 1 aromatic heterocycles. The molecular formula is C20H22N2O2S. The van der Waals surface area contributed by atoms with Crippen molar-refractivity contribution in [2.24, 2.45) is 5.92 Å². The van der Waals surface area contributed by atoms with E-state index in [2.05, 4.69) is 48.2 Å². The molecule has 0 saturated carbocycles. The maximum Gasteiger partial charge on any atom is 0.415 e. The van der Waals surface area contributed by atoms with E-state index in [0.29, 0.717) is 12.5 Å². The molecule has 1 aromatic carbocycles. The molecule has 2 aromatic rings. The first-order chi connectivity index (χ1) is 12.1. The first-order valence-electron chi connectivity index (χ1n) is 9.03. The van der Waals surface area contributed by atoms with Gasteiger partial charge in [-0.05, 0) is 50.6 Å². The van der Waals surface area contributed by atoms with Crippen LogP contribution in [-0.4, -0.2) is 42.8 Å². The molecule has 0 N–H and O–H groups in total. The van der Waals surface area contributed by atoms with E-state index >= 15 is 0 Å². The summed E-state index contributed by atoms with van der Waals surface area (Å²) in [4.78, 5) is 18.1. The van der Waals surface area contributed by atoms with Crippen molar-refractivity contribution in [2.75, 3.05) is 31.1 Å². The van der Waals surface area contributed by atoms with Crippen molar-refractivity contribution in [1.82, 2.24) is 4.90 Å². The molecule has 4 fully saturated rings. The number of nitrogens with zero attached hydrogens (tertiary/aromatic N) is 2. The smallest absolute Gasteiger partial charge is 0.415 e. The van der Waals surface area contributed by atoms with Crippen LogP contribution in [-0.2, 0) is 4.74 Å². The Morgan fingerprint density at radius 2 is 2.00 bits per heavy atom. The fourth-order valence-electron chi connectivity index (χ4n) is 4.61. The van der Waals surface area contributed by atoms with E-state index in [1.54, 1.807) is 11.3 Å². The Hall–Kier alpha value is -1.85. The summed E-state index contributed by atoms with van der Waals surface area (Å²) in [5, 5.41) is 0.995. The number of hydrogen-bond acceptors (Lipinski definition) is 4. The molecule has 0 aliphatic carbocycles. The lowest BCUT2D eigenvalue weighted by Crippen LogP contribution is -2.61. The first kappa shape index (κ1) is 15.4. The lowest BCUT2D eigenvalue weighted by Gasteiger charge is -2.49. The lowest BCUT2D eigenvalue weighted by molar-refractivity contribution is -0.0881. The summed E-state index contributed by atoms with van der Waals surface area (Å²) in [6.07, 6.45) is 2.13. The molecule has 130 valence electrons. The normalized spacial score (nSPS) is 30.9. The maximum absolute atomic E-state index is 12.6. The molecule has 1 amide bonds. The zero-order chi connectivity index (χ0) is 17.0. The number of amides is 1. The van der Waals surface area contributed by atoms with E-state index in [-0.39, 0.29) is 11.7 Å². The van der Waals surface area contributed by atoms with Crippen molar-refractivity contribution in [2.45, 2.75) is 25.4 Å². The Labute approximate surface area is 152 Å². The number of piperidine rings is 3. The van der Waals surface area contributed by atoms with Crippen LogP contribution in [0, 0.1) is 12.8 Å². The fraction of sp³-hybridized carbons (Fsp3) is 0.450. The zero-order valence-electron chi connectivity index (χ0n) is 14.4. The van der Waals surface area contributed by atoms with Crippen LogP contribution >= 0.6 is 11.3 Å². The summed E-state index contributed by atoms with van der Waals surface area (Å²) in [7, 11) is 0. The van der Waals surface area contributed by atoms with Gasteiger partial charge in [-0.1, -0.05) is 29.8 Å². The number of anilines is 1. The van der Waals surface area contributed by atoms with Crippen LogP contribution in [0.25, 0.3) is 10.4 Å². The molecule has 4 aliphatic heterocycles. The first-order valence-corrected chi connectivity index (χ1v) is 9.84. The Morgan fingerprint density at radius 1 is 1.16 bits per heavy atom. The summed E-state index contributed by atoms with van der Waals surface area (Å²) >= 11 is 1.67. The van der Waals surface area contributed by atoms with Gasteiger partial charge in [0.05, 0.1) is 6.54 Å². The second-order valence-corrected chi connectivity index (χ2v) is 8.64. The minimum absolute atomic E-state index is 0.175. The second kappa shape index (κ2) is 5.58. The Kier molecular flexibility index (Phi) is 3.44. The molecule has 5 heteroatoms. The lowest BCUT2D eigenvalue weighted by atomic mass is 9.75. The van der Waals surface area contributed by atoms with Gasteiger partial charge >= 0.3 is 6.09 Å². The van der Waals surface area contributed by atoms with Gasteiger partial charge in [0.15, 0.2) is 0 Å². The molecule has 4 saturated heterocycles. The van der Waals surface area contributed by atoms with E-state index in [9.17, 15) is 4.79 Å². The summed E-state index contributed by atoms with van der Waals surface area (Å²) in [6, 6.07) is 12.7. The van der Waals surface area contributed by atoms with Gasteiger partial charge in [-0.2, -0.15) is 0 Å². The van der Waals surface area contributed by atoms with Gasteiger partial charge in [0, 0.05) is 17.3 Å². The number of rotatable bonds is 2. The highest BCUT2D eigenvalue weighted by molar-refractivity contribution is 7.19. The van der Waals surface area contributed by atoms with Crippen molar-refractivity contribution in [1.29, 1.82) is 0 Å². The summed E-state index contributed by atoms with van der Waals surface area (Å²) in [5.74, 6) is 0.516. The highest BCUT2D eigenvalue weighted by Crippen LogP contribution is 2.45. The van der Waals surface area contributed by atoms with Crippen molar-refractivity contribution in [3.05, 3.63) is 42.0 Å². The summed E-state index contributed by atoms with van der Waals surface area (Å²) in [5.41, 5.74) is 2.17. The molecule has 6 rings (SSSR count). The van der Waals surface area contributed by atoms with Crippen LogP contribution < -0.4 is 4.90 Å². The number of carbonyl (C=O) groups excluding carboxylic acids is 1. The molecule has 1 spiro atoms. The van der Waals surface area contributed by atoms with Crippen molar-refractivity contribution >= 4 is 22.4 Å². The molecular weight excluding hydrogens is 332 g/mol. The monoisotopic (exact) mass is 354 g/mol. The van der Waals surface area contributed by atoms with Crippen LogP contribution in [0.1, 0.15) is 18.4 Å². The van der Waals surface area contributed by atoms with E-state index in [0.717, 1.165) is 37.5 Å². The standard InChI is InChI=1S/C20H22N2O2S/c1-14-3-2-4-15(11-14)17-5-6-18(25-17)22-13-20(24-19(22)23)12-21-9-7-16(20)8-10-21/h2-6,11,16H,7-10,12-13H2,1H3/t20-/m0/s1. The molecule has 0 radical (unpaired) electrons. The van der Waals surface area contributed by atoms with E-state index < -0.39 is 0 Å².